The molecule has 3 N–H and O–H groups in total. The average Bonchev–Trinajstić information content (AvgIpc) is 2.84. The number of hydrogen-bond acceptors (Lipinski definition) is 6. The topological polar surface area (TPSA) is 120 Å². The summed E-state index contributed by atoms with van der Waals surface area (Å²) in [6, 6.07) is 14.4. The van der Waals surface area contributed by atoms with Gasteiger partial charge in [0.2, 0.25) is 0 Å². The van der Waals surface area contributed by atoms with Crippen molar-refractivity contribution in [2.45, 2.75) is 19.9 Å². The molecular formula is C25H28N4O5. The lowest BCUT2D eigenvalue weighted by Crippen LogP contribution is -2.41. The number of nitrogens with zero attached hydrogens (tertiary/aromatic N) is 2. The van der Waals surface area contributed by atoms with Crippen molar-refractivity contribution in [3.8, 4) is 11.5 Å². The van der Waals surface area contributed by atoms with E-state index in [2.05, 4.69) is 4.98 Å². The summed E-state index contributed by atoms with van der Waals surface area (Å²) in [6.07, 6.45) is 3.48. The van der Waals surface area contributed by atoms with Gasteiger partial charge in [-0.25, -0.2) is 4.79 Å². The summed E-state index contributed by atoms with van der Waals surface area (Å²) in [6.45, 7) is 2.26. The van der Waals surface area contributed by atoms with Crippen LogP contribution in [0.1, 0.15) is 24.5 Å². The second-order valence-electron chi connectivity index (χ2n) is 7.50. The molecule has 1 heterocycles. The van der Waals surface area contributed by atoms with Crippen molar-refractivity contribution >= 4 is 23.5 Å². The molecule has 0 fully saturated rings. The number of H-pyrrole nitrogens is 1. The van der Waals surface area contributed by atoms with Crippen LogP contribution in [0.3, 0.4) is 0 Å². The number of ether oxygens (including phenoxy) is 2. The van der Waals surface area contributed by atoms with Gasteiger partial charge in [0.05, 0.1) is 20.8 Å². The molecule has 3 rings (SSSR count). The van der Waals surface area contributed by atoms with Crippen molar-refractivity contribution in [2.24, 2.45) is 0 Å². The molecule has 0 aliphatic carbocycles. The van der Waals surface area contributed by atoms with Gasteiger partial charge in [-0.2, -0.15) is 0 Å². The second-order valence-corrected chi connectivity index (χ2v) is 7.50. The van der Waals surface area contributed by atoms with Crippen LogP contribution < -0.4 is 31.4 Å². The first-order chi connectivity index (χ1) is 16.4. The summed E-state index contributed by atoms with van der Waals surface area (Å²) >= 11 is 0. The molecule has 0 spiro atoms. The number of nitrogens with one attached hydrogen (secondary N) is 1. The molecule has 0 saturated heterocycles. The molecule has 9 heteroatoms. The molecular weight excluding hydrogens is 436 g/mol. The summed E-state index contributed by atoms with van der Waals surface area (Å²) in [5.74, 6) is 0.619. The molecule has 0 aliphatic heterocycles. The number of nitrogen functional groups attached to an aromatic ring is 1. The van der Waals surface area contributed by atoms with E-state index < -0.39 is 17.2 Å². The molecule has 0 radical (unpaired) electrons. The number of amides is 1. The Morgan fingerprint density at radius 2 is 1.85 bits per heavy atom. The van der Waals surface area contributed by atoms with E-state index in [1.807, 2.05) is 37.3 Å². The van der Waals surface area contributed by atoms with Gasteiger partial charge in [0.15, 0.2) is 5.69 Å². The Morgan fingerprint density at radius 1 is 1.12 bits per heavy atom. The molecule has 0 unspecified atom stereocenters. The molecule has 3 aromatic rings. The predicted molar refractivity (Wildman–Crippen MR) is 133 cm³/mol. The van der Waals surface area contributed by atoms with Crippen molar-refractivity contribution < 1.29 is 14.3 Å². The fraction of sp³-hybridized carbons (Fsp3) is 0.240. The minimum absolute atomic E-state index is 0.0651. The number of nitrogens with two attached hydrogens (primary N) is 1. The van der Waals surface area contributed by atoms with Crippen LogP contribution in [0.5, 0.6) is 11.5 Å². The Kier molecular flexibility index (Phi) is 7.92. The number of methoxy groups -OCH3 is 2. The Labute approximate surface area is 197 Å². The third kappa shape index (κ3) is 5.37. The molecule has 0 bridgehead atoms. The monoisotopic (exact) mass is 464 g/mol. The maximum Gasteiger partial charge on any atom is 0.330 e. The van der Waals surface area contributed by atoms with Crippen molar-refractivity contribution in [1.29, 1.82) is 0 Å². The van der Waals surface area contributed by atoms with E-state index in [1.54, 1.807) is 31.4 Å². The van der Waals surface area contributed by atoms with Gasteiger partial charge in [0.1, 0.15) is 17.3 Å². The minimum atomic E-state index is -0.721. The zero-order chi connectivity index (χ0) is 24.7. The van der Waals surface area contributed by atoms with E-state index >= 15 is 0 Å². The lowest BCUT2D eigenvalue weighted by atomic mass is 10.1. The number of hydrogen-bond donors (Lipinski definition) is 2. The molecule has 34 heavy (non-hydrogen) atoms. The predicted octanol–water partition coefficient (Wildman–Crippen LogP) is 2.64. The summed E-state index contributed by atoms with van der Waals surface area (Å²) in [7, 11) is 3.07. The lowest BCUT2D eigenvalue weighted by Gasteiger charge is -2.23. The molecule has 9 nitrogen and oxygen atoms in total. The Bertz CT molecular complexity index is 1290. The van der Waals surface area contributed by atoms with Crippen molar-refractivity contribution in [2.75, 3.05) is 31.4 Å². The van der Waals surface area contributed by atoms with Gasteiger partial charge in [-0.05, 0) is 36.3 Å². The maximum atomic E-state index is 13.2. The van der Waals surface area contributed by atoms with E-state index in [-0.39, 0.29) is 24.6 Å². The van der Waals surface area contributed by atoms with E-state index in [1.165, 1.54) is 22.7 Å². The van der Waals surface area contributed by atoms with E-state index in [4.69, 9.17) is 15.2 Å². The summed E-state index contributed by atoms with van der Waals surface area (Å²) < 4.78 is 11.8. The number of carbonyl (C=O) groups excluding carboxylic acids is 1. The largest absolute Gasteiger partial charge is 0.497 e. The van der Waals surface area contributed by atoms with Gasteiger partial charge in [-0.15, -0.1) is 0 Å². The number of anilines is 2. The van der Waals surface area contributed by atoms with E-state index in [9.17, 15) is 14.4 Å². The van der Waals surface area contributed by atoms with Crippen molar-refractivity contribution in [3.05, 3.63) is 86.6 Å². The Morgan fingerprint density at radius 3 is 2.50 bits per heavy atom. The zero-order valence-corrected chi connectivity index (χ0v) is 19.4. The molecule has 2 aromatic carbocycles. The van der Waals surface area contributed by atoms with Crippen molar-refractivity contribution in [1.82, 2.24) is 9.55 Å². The van der Waals surface area contributed by atoms with Gasteiger partial charge < -0.3 is 20.1 Å². The van der Waals surface area contributed by atoms with Crippen LogP contribution in [-0.4, -0.2) is 36.2 Å². The van der Waals surface area contributed by atoms with Gasteiger partial charge >= 0.3 is 5.69 Å². The Hall–Kier alpha value is -4.27. The highest BCUT2D eigenvalue weighted by atomic mass is 16.5. The van der Waals surface area contributed by atoms with Gasteiger partial charge in [0, 0.05) is 18.2 Å². The smallest absolute Gasteiger partial charge is 0.330 e. The van der Waals surface area contributed by atoms with Gasteiger partial charge in [-0.1, -0.05) is 37.3 Å². The molecule has 0 saturated carbocycles. The summed E-state index contributed by atoms with van der Waals surface area (Å²) in [5, 5.41) is 0. The van der Waals surface area contributed by atoms with Crippen LogP contribution in [0.4, 0.5) is 11.5 Å². The summed E-state index contributed by atoms with van der Waals surface area (Å²) in [5.41, 5.74) is 6.31. The highest BCUT2D eigenvalue weighted by molar-refractivity contribution is 6.05. The number of aromatic amines is 1. The highest BCUT2D eigenvalue weighted by Gasteiger charge is 2.22. The number of rotatable bonds is 9. The molecule has 1 aromatic heterocycles. The SMILES string of the molecule is CCCN(C(=O)/C=C/c1cc(OC)ccc1OC)c1c(N)n(Cc2ccccc2)c(=O)[nH]c1=O. The van der Waals surface area contributed by atoms with Crippen LogP contribution in [0, 0.1) is 0 Å². The maximum absolute atomic E-state index is 13.2. The quantitative estimate of drug-likeness (QED) is 0.470. The minimum Gasteiger partial charge on any atom is -0.497 e. The first-order valence-corrected chi connectivity index (χ1v) is 10.8. The van der Waals surface area contributed by atoms with E-state index in [0.29, 0.717) is 23.5 Å². The van der Waals surface area contributed by atoms with Crippen LogP contribution in [0.15, 0.2) is 64.2 Å². The molecule has 0 atom stereocenters. The third-order valence-corrected chi connectivity index (χ3v) is 5.22. The lowest BCUT2D eigenvalue weighted by molar-refractivity contribution is -0.114. The fourth-order valence-electron chi connectivity index (χ4n) is 3.54. The van der Waals surface area contributed by atoms with Crippen molar-refractivity contribution in [3.63, 3.8) is 0 Å². The first-order valence-electron chi connectivity index (χ1n) is 10.8. The zero-order valence-electron chi connectivity index (χ0n) is 19.4. The van der Waals surface area contributed by atoms with Crippen LogP contribution in [-0.2, 0) is 11.3 Å². The van der Waals surface area contributed by atoms with Crippen LogP contribution in [0.2, 0.25) is 0 Å². The third-order valence-electron chi connectivity index (χ3n) is 5.22. The highest BCUT2D eigenvalue weighted by Crippen LogP contribution is 2.25. The molecule has 0 aliphatic rings. The van der Waals surface area contributed by atoms with Gasteiger partial charge in [-0.3, -0.25) is 19.1 Å². The summed E-state index contributed by atoms with van der Waals surface area (Å²) in [4.78, 5) is 42.0. The van der Waals surface area contributed by atoms with E-state index in [0.717, 1.165) is 5.56 Å². The number of carbonyl (C=O) groups is 1. The number of aromatic nitrogens is 2. The van der Waals surface area contributed by atoms with Crippen LogP contribution >= 0.6 is 0 Å². The molecule has 1 amide bonds. The number of benzene rings is 2. The second kappa shape index (κ2) is 11.0. The molecule has 178 valence electrons. The average molecular weight is 465 g/mol. The Balaban J connectivity index is 2.01. The normalized spacial score (nSPS) is 10.9. The van der Waals surface area contributed by atoms with Gasteiger partial charge in [0.25, 0.3) is 11.5 Å². The standard InChI is InChI=1S/C25H28N4O5/c1-4-14-28(21(30)13-10-18-15-19(33-2)11-12-20(18)34-3)22-23(26)29(25(32)27-24(22)31)16-17-8-6-5-7-9-17/h5-13,15H,4,14,16,26H2,1-3H3,(H,27,31,32)/b13-10+. The van der Waals surface area contributed by atoms with Crippen LogP contribution in [0.25, 0.3) is 6.08 Å². The fourth-order valence-corrected chi connectivity index (χ4v) is 3.54. The first kappa shape index (κ1) is 24.4.